The molecular formula is C30H25F6N11O11S2. The number of halogens is 6. The van der Waals surface area contributed by atoms with Crippen molar-refractivity contribution >= 4 is 53.7 Å². The number of ether oxygens (including phenoxy) is 1. The van der Waals surface area contributed by atoms with Crippen LogP contribution in [0.4, 0.5) is 26.3 Å². The Labute approximate surface area is 328 Å². The number of hydrogen-bond donors (Lipinski definition) is 5. The monoisotopic (exact) mass is 893 g/mol. The number of sulfonamides is 2. The van der Waals surface area contributed by atoms with Gasteiger partial charge in [0, 0.05) is 19.4 Å². The van der Waals surface area contributed by atoms with Crippen molar-refractivity contribution in [3.05, 3.63) is 114 Å². The number of hydrogen-bond acceptors (Lipinski definition) is 13. The van der Waals surface area contributed by atoms with Crippen LogP contribution in [0.1, 0.15) is 32.1 Å². The van der Waals surface area contributed by atoms with Crippen molar-refractivity contribution in [1.82, 2.24) is 43.7 Å². The Morgan fingerprint density at radius 3 is 1.42 bits per heavy atom. The van der Waals surface area contributed by atoms with Gasteiger partial charge in [0.1, 0.15) is 18.3 Å². The lowest BCUT2D eigenvalue weighted by Gasteiger charge is -2.15. The van der Waals surface area contributed by atoms with Crippen molar-refractivity contribution < 1.29 is 57.5 Å². The van der Waals surface area contributed by atoms with E-state index >= 15 is 0 Å². The van der Waals surface area contributed by atoms with Crippen molar-refractivity contribution in [2.24, 2.45) is 0 Å². The van der Waals surface area contributed by atoms with E-state index in [1.54, 1.807) is 9.66 Å². The quantitative estimate of drug-likeness (QED) is 0.0990. The summed E-state index contributed by atoms with van der Waals surface area (Å²) < 4.78 is 134. The van der Waals surface area contributed by atoms with Gasteiger partial charge in [-0.1, -0.05) is 0 Å². The van der Waals surface area contributed by atoms with Gasteiger partial charge in [-0.2, -0.15) is 35.7 Å². The van der Waals surface area contributed by atoms with E-state index in [4.69, 9.17) is 0 Å². The Morgan fingerprint density at radius 2 is 1.07 bits per heavy atom. The molecule has 2 aromatic carbocycles. The third kappa shape index (κ3) is 9.22. The van der Waals surface area contributed by atoms with Gasteiger partial charge >= 0.3 is 29.7 Å². The predicted octanol–water partition coefficient (Wildman–Crippen LogP) is -0.0590. The molecule has 0 atom stereocenters. The van der Waals surface area contributed by atoms with Gasteiger partial charge in [0.15, 0.2) is 5.69 Å². The minimum absolute atomic E-state index is 0.114. The summed E-state index contributed by atoms with van der Waals surface area (Å²) in [6.45, 7) is 0. The van der Waals surface area contributed by atoms with Crippen molar-refractivity contribution in [3.63, 3.8) is 0 Å². The number of amides is 1. The molecule has 30 heteroatoms. The molecule has 0 aliphatic carbocycles. The molecule has 0 saturated carbocycles. The van der Waals surface area contributed by atoms with Gasteiger partial charge in [-0.3, -0.25) is 14.4 Å². The highest BCUT2D eigenvalue weighted by Gasteiger charge is 2.36. The van der Waals surface area contributed by atoms with E-state index in [1.807, 2.05) is 9.97 Å². The number of esters is 1. The van der Waals surface area contributed by atoms with Crippen LogP contribution in [0.2, 0.25) is 0 Å². The zero-order chi connectivity index (χ0) is 44.9. The highest BCUT2D eigenvalue weighted by molar-refractivity contribution is 7.91. The van der Waals surface area contributed by atoms with Gasteiger partial charge in [-0.15, -0.1) is 0 Å². The van der Waals surface area contributed by atoms with E-state index in [-0.39, 0.29) is 20.7 Å². The first-order valence-corrected chi connectivity index (χ1v) is 19.6. The molecule has 320 valence electrons. The Hall–Kier alpha value is -7.24. The number of carbonyl (C=O) groups is 2. The van der Waals surface area contributed by atoms with Crippen LogP contribution in [-0.2, 0) is 37.1 Å². The van der Waals surface area contributed by atoms with Crippen LogP contribution in [0.3, 0.4) is 0 Å². The highest BCUT2D eigenvalue weighted by atomic mass is 32.2. The number of aromatic amines is 2. The number of imidazole rings is 2. The summed E-state index contributed by atoms with van der Waals surface area (Å²) in [7, 11) is -5.71. The summed E-state index contributed by atoms with van der Waals surface area (Å²) in [5.41, 5.74) is -9.97. The number of carbonyl (C=O) groups excluding carboxylic acids is 2. The molecule has 4 aromatic heterocycles. The highest BCUT2D eigenvalue weighted by Crippen LogP contribution is 2.37. The fraction of sp³-hybridized carbons (Fsp3) is 0.200. The third-order valence-electron chi connectivity index (χ3n) is 7.73. The Balaban J connectivity index is 0.000000228. The molecule has 0 radical (unpaired) electrons. The average molecular weight is 894 g/mol. The minimum atomic E-state index is -4.91. The minimum Gasteiger partial charge on any atom is -0.464 e. The first-order valence-electron chi connectivity index (χ1n) is 15.8. The van der Waals surface area contributed by atoms with E-state index in [0.29, 0.717) is 24.6 Å². The number of H-pyrrole nitrogens is 2. The van der Waals surface area contributed by atoms with E-state index in [1.165, 1.54) is 7.05 Å². The second-order valence-corrected chi connectivity index (χ2v) is 15.6. The van der Waals surface area contributed by atoms with Crippen LogP contribution in [0.25, 0.3) is 33.2 Å². The molecule has 0 aliphatic rings. The molecule has 22 nitrogen and oxygen atoms in total. The lowest BCUT2D eigenvalue weighted by Crippen LogP contribution is -2.43. The lowest BCUT2D eigenvalue weighted by molar-refractivity contribution is -0.138. The molecule has 0 fully saturated rings. The second-order valence-electron chi connectivity index (χ2n) is 12.1. The molecule has 0 aliphatic heterocycles. The van der Waals surface area contributed by atoms with Gasteiger partial charge in [0.25, 0.3) is 17.0 Å². The molecule has 4 heterocycles. The van der Waals surface area contributed by atoms with E-state index in [2.05, 4.69) is 20.0 Å². The summed E-state index contributed by atoms with van der Waals surface area (Å²) in [5.74, 6) is -1.54. The van der Waals surface area contributed by atoms with Gasteiger partial charge in [-0.25, -0.2) is 50.8 Å². The summed E-state index contributed by atoms with van der Waals surface area (Å²) in [6.07, 6.45) is -4.60. The Bertz CT molecular complexity index is 2990. The molecule has 0 spiro atoms. The van der Waals surface area contributed by atoms with Gasteiger partial charge in [0.05, 0.1) is 63.9 Å². The first kappa shape index (κ1) is 43.9. The standard InChI is InChI=1S/C15H13F3N6O5S.C15H12F3N5O6S/c1-19-12(25)10-5-23(6-20-10)11-3-7-9(4-8(11)15(16,17)18)21-14(27)24(13(7)26)22-30(2,28)29;1-29-13(25)10-5-22(6-19-10)11-3-7-9(4-8(11)15(16,17)18)20-14(26)23(12(7)24)21-30(2,27)28/h3-6,22H,1-2H3,(H,19,25)(H,21,27);3-6,21H,1-2H3,(H,20,26). The number of nitrogens with zero attached hydrogens (tertiary/aromatic N) is 6. The molecular weight excluding hydrogens is 869 g/mol. The maximum absolute atomic E-state index is 13.6. The number of fused-ring (bicyclic) bond motifs is 2. The zero-order valence-electron chi connectivity index (χ0n) is 30.4. The number of aromatic nitrogens is 8. The van der Waals surface area contributed by atoms with Crippen LogP contribution >= 0.6 is 0 Å². The number of nitrogens with one attached hydrogen (secondary N) is 5. The summed E-state index contributed by atoms with van der Waals surface area (Å²) in [5, 5.41) is 1.43. The summed E-state index contributed by atoms with van der Waals surface area (Å²) >= 11 is 0. The van der Waals surface area contributed by atoms with Gasteiger partial charge in [0.2, 0.25) is 20.0 Å². The normalized spacial score (nSPS) is 12.2. The second kappa shape index (κ2) is 15.5. The topological polar surface area (TPSA) is 293 Å². The lowest BCUT2D eigenvalue weighted by atomic mass is 10.1. The van der Waals surface area contributed by atoms with E-state index in [0.717, 1.165) is 53.4 Å². The predicted molar refractivity (Wildman–Crippen MR) is 195 cm³/mol. The maximum Gasteiger partial charge on any atom is 0.418 e. The van der Waals surface area contributed by atoms with Crippen LogP contribution in [0.5, 0.6) is 0 Å². The zero-order valence-corrected chi connectivity index (χ0v) is 32.0. The number of benzene rings is 2. The first-order chi connectivity index (χ1) is 27.6. The van der Waals surface area contributed by atoms with Crippen LogP contribution in [-0.4, -0.2) is 93.8 Å². The molecule has 6 rings (SSSR count). The SMILES string of the molecule is CNC(=O)c1cn(-c2cc3c(=O)n(NS(C)(=O)=O)c(=O)[nH]c3cc2C(F)(F)F)cn1.COC(=O)c1cn(-c2cc3c(=O)n(NS(C)(=O)=O)c(=O)[nH]c3cc2C(F)(F)F)cn1. The maximum atomic E-state index is 13.6. The molecule has 5 N–H and O–H groups in total. The molecule has 0 bridgehead atoms. The number of alkyl halides is 6. The number of methoxy groups -OCH3 is 1. The van der Waals surface area contributed by atoms with E-state index < -0.39 is 111 Å². The Morgan fingerprint density at radius 1 is 0.683 bits per heavy atom. The Kier molecular flexibility index (Phi) is 11.3. The largest absolute Gasteiger partial charge is 0.464 e. The molecule has 0 unspecified atom stereocenters. The molecule has 6 aromatic rings. The average Bonchev–Trinajstić information content (AvgIpc) is 3.84. The van der Waals surface area contributed by atoms with E-state index in [9.17, 15) is 71.9 Å². The van der Waals surface area contributed by atoms with Crippen molar-refractivity contribution in [2.75, 3.05) is 36.3 Å². The van der Waals surface area contributed by atoms with Crippen LogP contribution in [0, 0.1) is 0 Å². The number of rotatable bonds is 8. The van der Waals surface area contributed by atoms with Crippen molar-refractivity contribution in [2.45, 2.75) is 12.4 Å². The smallest absolute Gasteiger partial charge is 0.418 e. The van der Waals surface area contributed by atoms with Gasteiger partial charge in [-0.05, 0) is 24.3 Å². The van der Waals surface area contributed by atoms with Crippen molar-refractivity contribution in [1.29, 1.82) is 0 Å². The molecule has 60 heavy (non-hydrogen) atoms. The fourth-order valence-corrected chi connectivity index (χ4v) is 6.24. The summed E-state index contributed by atoms with van der Waals surface area (Å²) in [4.78, 5) is 87.1. The molecule has 1 amide bonds. The molecule has 0 saturated heterocycles. The van der Waals surface area contributed by atoms with Crippen LogP contribution < -0.4 is 37.5 Å². The van der Waals surface area contributed by atoms with Crippen molar-refractivity contribution in [3.8, 4) is 11.4 Å². The summed E-state index contributed by atoms with van der Waals surface area (Å²) in [6, 6.07) is 2.67. The fourth-order valence-electron chi connectivity index (χ4n) is 5.25. The third-order valence-corrected chi connectivity index (χ3v) is 8.76. The van der Waals surface area contributed by atoms with Crippen LogP contribution in [0.15, 0.2) is 68.5 Å². The van der Waals surface area contributed by atoms with Gasteiger partial charge < -0.3 is 29.2 Å².